The van der Waals surface area contributed by atoms with E-state index in [0.717, 1.165) is 0 Å². The van der Waals surface area contributed by atoms with Crippen LogP contribution in [-0.2, 0) is 6.42 Å². The van der Waals surface area contributed by atoms with Gasteiger partial charge in [-0.25, -0.2) is 0 Å². The lowest BCUT2D eigenvalue weighted by molar-refractivity contribution is -0.254. The summed E-state index contributed by atoms with van der Waals surface area (Å²) in [6, 6.07) is 5.24. The first kappa shape index (κ1) is 15.7. The summed E-state index contributed by atoms with van der Waals surface area (Å²) in [5, 5.41) is 9.24. The average molecular weight is 284 g/mol. The van der Waals surface area contributed by atoms with Crippen LogP contribution in [0.3, 0.4) is 0 Å². The minimum absolute atomic E-state index is 0.0263. The second-order valence-corrected chi connectivity index (χ2v) is 4.29. The van der Waals surface area contributed by atoms with Crippen LogP contribution in [0.15, 0.2) is 24.3 Å². The fourth-order valence-corrected chi connectivity index (χ4v) is 1.37. The van der Waals surface area contributed by atoms with Crippen LogP contribution in [0.25, 0.3) is 0 Å². The number of benzene rings is 1. The van der Waals surface area contributed by atoms with Gasteiger partial charge in [-0.2, -0.15) is 22.0 Å². The second kappa shape index (κ2) is 5.73. The van der Waals surface area contributed by atoms with Crippen molar-refractivity contribution < 1.29 is 31.8 Å². The number of aliphatic hydroxyl groups is 1. The number of rotatable bonds is 5. The molecule has 0 spiro atoms. The molecule has 19 heavy (non-hydrogen) atoms. The number of halogens is 5. The van der Waals surface area contributed by atoms with Gasteiger partial charge in [-0.1, -0.05) is 12.1 Å². The molecule has 0 amide bonds. The van der Waals surface area contributed by atoms with Gasteiger partial charge in [-0.3, -0.25) is 0 Å². The number of aryl methyl sites for hydroxylation is 1. The Bertz CT molecular complexity index is 398. The Kier molecular flexibility index (Phi) is 4.73. The van der Waals surface area contributed by atoms with Gasteiger partial charge in [-0.05, 0) is 37.5 Å². The van der Waals surface area contributed by atoms with Gasteiger partial charge in [-0.15, -0.1) is 0 Å². The van der Waals surface area contributed by atoms with E-state index in [1.165, 1.54) is 24.3 Å². The van der Waals surface area contributed by atoms with Crippen molar-refractivity contribution in [3.63, 3.8) is 0 Å². The Morgan fingerprint density at radius 2 is 1.68 bits per heavy atom. The molecule has 1 atom stereocenters. The van der Waals surface area contributed by atoms with E-state index in [1.807, 2.05) is 0 Å². The number of hydrogen-bond donors (Lipinski definition) is 1. The number of alkyl halides is 5. The van der Waals surface area contributed by atoms with E-state index in [4.69, 9.17) is 0 Å². The molecule has 1 aromatic rings. The molecule has 0 saturated heterocycles. The third kappa shape index (κ3) is 4.66. The van der Waals surface area contributed by atoms with E-state index in [1.54, 1.807) is 0 Å². The minimum Gasteiger partial charge on any atom is -0.435 e. The Balaban J connectivity index is 2.59. The monoisotopic (exact) mass is 284 g/mol. The maximum absolute atomic E-state index is 12.4. The van der Waals surface area contributed by atoms with Crippen LogP contribution in [0.1, 0.15) is 18.9 Å². The molecule has 0 radical (unpaired) electrons. The van der Waals surface area contributed by atoms with Crippen molar-refractivity contribution in [3.8, 4) is 5.75 Å². The van der Waals surface area contributed by atoms with Gasteiger partial charge in [0.1, 0.15) is 5.75 Å². The quantitative estimate of drug-likeness (QED) is 0.838. The summed E-state index contributed by atoms with van der Waals surface area (Å²) in [6.07, 6.45) is -5.24. The van der Waals surface area contributed by atoms with Gasteiger partial charge in [0.25, 0.3) is 0 Å². The summed E-state index contributed by atoms with van der Waals surface area (Å²) in [7, 11) is 0. The molecular weight excluding hydrogens is 271 g/mol. The molecule has 1 rings (SSSR count). The Morgan fingerprint density at radius 3 is 2.11 bits per heavy atom. The van der Waals surface area contributed by atoms with Crippen LogP contribution in [0, 0.1) is 0 Å². The van der Waals surface area contributed by atoms with Gasteiger partial charge < -0.3 is 9.84 Å². The Labute approximate surface area is 106 Å². The zero-order valence-corrected chi connectivity index (χ0v) is 10.0. The van der Waals surface area contributed by atoms with Crippen LogP contribution >= 0.6 is 0 Å². The average Bonchev–Trinajstić information content (AvgIpc) is 2.26. The summed E-state index contributed by atoms with van der Waals surface area (Å²) in [5.41, 5.74) is -2.28. The van der Waals surface area contributed by atoms with Crippen molar-refractivity contribution in [3.05, 3.63) is 29.8 Å². The SMILES string of the molecule is CC(O)(CCc1ccc(OC(F)F)cc1)C(F)(F)F. The van der Waals surface area contributed by atoms with Crippen molar-refractivity contribution in [1.29, 1.82) is 0 Å². The third-order valence-corrected chi connectivity index (χ3v) is 2.66. The molecule has 108 valence electrons. The van der Waals surface area contributed by atoms with E-state index >= 15 is 0 Å². The highest BCUT2D eigenvalue weighted by Gasteiger charge is 2.49. The number of hydrogen-bond acceptors (Lipinski definition) is 2. The van der Waals surface area contributed by atoms with E-state index in [0.29, 0.717) is 12.5 Å². The van der Waals surface area contributed by atoms with Crippen LogP contribution in [0.4, 0.5) is 22.0 Å². The first-order valence-corrected chi connectivity index (χ1v) is 5.45. The maximum Gasteiger partial charge on any atom is 0.416 e. The molecule has 0 fully saturated rings. The molecular formula is C12H13F5O2. The largest absolute Gasteiger partial charge is 0.435 e. The predicted molar refractivity (Wildman–Crippen MR) is 58.1 cm³/mol. The first-order valence-electron chi connectivity index (χ1n) is 5.45. The van der Waals surface area contributed by atoms with Crippen molar-refractivity contribution >= 4 is 0 Å². The molecule has 0 bridgehead atoms. The smallest absolute Gasteiger partial charge is 0.416 e. The normalized spacial score (nSPS) is 15.4. The van der Waals surface area contributed by atoms with Crippen molar-refractivity contribution in [2.24, 2.45) is 0 Å². The van der Waals surface area contributed by atoms with E-state index < -0.39 is 24.8 Å². The summed E-state index contributed by atoms with van der Waals surface area (Å²) < 4.78 is 65.0. The highest BCUT2D eigenvalue weighted by Crippen LogP contribution is 2.33. The van der Waals surface area contributed by atoms with Gasteiger partial charge in [0.05, 0.1) is 0 Å². The lowest BCUT2D eigenvalue weighted by atomic mass is 9.96. The fraction of sp³-hybridized carbons (Fsp3) is 0.500. The summed E-state index contributed by atoms with van der Waals surface area (Å²) >= 11 is 0. The van der Waals surface area contributed by atoms with Gasteiger partial charge in [0.2, 0.25) is 0 Å². The summed E-state index contributed by atoms with van der Waals surface area (Å²) in [5.74, 6) is -0.0682. The molecule has 2 nitrogen and oxygen atoms in total. The van der Waals surface area contributed by atoms with Crippen LogP contribution in [0.5, 0.6) is 5.75 Å². The fourth-order valence-electron chi connectivity index (χ4n) is 1.37. The number of ether oxygens (including phenoxy) is 1. The molecule has 7 heteroatoms. The molecule has 0 saturated carbocycles. The van der Waals surface area contributed by atoms with Gasteiger partial charge >= 0.3 is 12.8 Å². The van der Waals surface area contributed by atoms with Gasteiger partial charge in [0, 0.05) is 0 Å². The Hall–Kier alpha value is -1.37. The maximum atomic E-state index is 12.4. The Morgan fingerprint density at radius 1 is 1.16 bits per heavy atom. The molecule has 0 aromatic heterocycles. The zero-order chi connectivity index (χ0) is 14.7. The minimum atomic E-state index is -4.70. The van der Waals surface area contributed by atoms with Gasteiger partial charge in [0.15, 0.2) is 5.60 Å². The molecule has 1 N–H and O–H groups in total. The van der Waals surface area contributed by atoms with Crippen molar-refractivity contribution in [2.75, 3.05) is 0 Å². The first-order chi connectivity index (χ1) is 8.62. The van der Waals surface area contributed by atoms with Crippen molar-refractivity contribution in [1.82, 2.24) is 0 Å². The highest BCUT2D eigenvalue weighted by atomic mass is 19.4. The van der Waals surface area contributed by atoms with E-state index in [9.17, 15) is 27.1 Å². The van der Waals surface area contributed by atoms with Crippen LogP contribution < -0.4 is 4.74 Å². The van der Waals surface area contributed by atoms with Crippen LogP contribution in [-0.4, -0.2) is 23.5 Å². The molecule has 0 aliphatic carbocycles. The second-order valence-electron chi connectivity index (χ2n) is 4.29. The summed E-state index contributed by atoms with van der Waals surface area (Å²) in [6.45, 7) is -2.25. The zero-order valence-electron chi connectivity index (χ0n) is 10.0. The van der Waals surface area contributed by atoms with E-state index in [-0.39, 0.29) is 12.2 Å². The lowest BCUT2D eigenvalue weighted by Gasteiger charge is -2.26. The third-order valence-electron chi connectivity index (χ3n) is 2.66. The lowest BCUT2D eigenvalue weighted by Crippen LogP contribution is -2.42. The van der Waals surface area contributed by atoms with Crippen LogP contribution in [0.2, 0.25) is 0 Å². The standard InChI is InChI=1S/C12H13F5O2/c1-11(18,12(15,16)17)7-6-8-2-4-9(5-3-8)19-10(13)14/h2-5,10,18H,6-7H2,1H3. The predicted octanol–water partition coefficient (Wildman–Crippen LogP) is 3.53. The molecule has 1 unspecified atom stereocenters. The molecule has 0 aliphatic rings. The summed E-state index contributed by atoms with van der Waals surface area (Å²) in [4.78, 5) is 0. The molecule has 1 aromatic carbocycles. The van der Waals surface area contributed by atoms with Crippen molar-refractivity contribution in [2.45, 2.75) is 38.2 Å². The molecule has 0 heterocycles. The molecule has 0 aliphatic heterocycles. The topological polar surface area (TPSA) is 29.5 Å². The highest BCUT2D eigenvalue weighted by molar-refractivity contribution is 5.27. The van der Waals surface area contributed by atoms with E-state index in [2.05, 4.69) is 4.74 Å².